The van der Waals surface area contributed by atoms with Crippen LogP contribution in [0.3, 0.4) is 0 Å². The molecule has 1 fully saturated rings. The van der Waals surface area contributed by atoms with Crippen LogP contribution in [0.2, 0.25) is 0 Å². The Balaban J connectivity index is 1.84. The van der Waals surface area contributed by atoms with Crippen molar-refractivity contribution in [2.24, 2.45) is 0 Å². The van der Waals surface area contributed by atoms with Crippen LogP contribution in [0.25, 0.3) is 0 Å². The van der Waals surface area contributed by atoms with E-state index in [2.05, 4.69) is 23.1 Å². The van der Waals surface area contributed by atoms with Gasteiger partial charge in [0, 0.05) is 24.7 Å². The summed E-state index contributed by atoms with van der Waals surface area (Å²) in [6, 6.07) is 7.53. The van der Waals surface area contributed by atoms with Crippen LogP contribution in [-0.2, 0) is 12.8 Å². The number of fused-ring (bicyclic) bond motifs is 1. The lowest BCUT2D eigenvalue weighted by atomic mass is 9.91. The summed E-state index contributed by atoms with van der Waals surface area (Å²) in [5.41, 5.74) is 3.56. The highest BCUT2D eigenvalue weighted by Crippen LogP contribution is 2.36. The Morgan fingerprint density at radius 1 is 1.33 bits per heavy atom. The van der Waals surface area contributed by atoms with Crippen molar-refractivity contribution in [2.45, 2.75) is 57.6 Å². The van der Waals surface area contributed by atoms with Gasteiger partial charge < -0.3 is 10.0 Å². The lowest BCUT2D eigenvalue weighted by molar-refractivity contribution is 0.0810. The maximum atomic E-state index is 9.94. The molecule has 0 amide bonds. The van der Waals surface area contributed by atoms with Gasteiger partial charge in [0.2, 0.25) is 0 Å². The zero-order valence-corrected chi connectivity index (χ0v) is 11.4. The van der Waals surface area contributed by atoms with Gasteiger partial charge in [0.25, 0.3) is 0 Å². The summed E-state index contributed by atoms with van der Waals surface area (Å²) in [7, 11) is 0. The van der Waals surface area contributed by atoms with E-state index in [0.29, 0.717) is 0 Å². The van der Waals surface area contributed by atoms with E-state index >= 15 is 0 Å². The van der Waals surface area contributed by atoms with Gasteiger partial charge >= 0.3 is 0 Å². The van der Waals surface area contributed by atoms with Crippen LogP contribution in [0.15, 0.2) is 18.2 Å². The first-order valence-electron chi connectivity index (χ1n) is 7.14. The first kappa shape index (κ1) is 12.0. The van der Waals surface area contributed by atoms with Crippen LogP contribution >= 0.6 is 0 Å². The molecule has 3 rings (SSSR count). The van der Waals surface area contributed by atoms with Crippen molar-refractivity contribution in [3.8, 4) is 0 Å². The molecule has 2 nitrogen and oxygen atoms in total. The van der Waals surface area contributed by atoms with Gasteiger partial charge in [0.05, 0.1) is 5.60 Å². The van der Waals surface area contributed by atoms with E-state index in [-0.39, 0.29) is 0 Å². The van der Waals surface area contributed by atoms with Crippen LogP contribution in [0.1, 0.15) is 44.2 Å². The van der Waals surface area contributed by atoms with Crippen molar-refractivity contribution in [2.75, 3.05) is 11.4 Å². The molecule has 1 saturated carbocycles. The molecule has 0 unspecified atom stereocenters. The largest absolute Gasteiger partial charge is 0.390 e. The second-order valence-corrected chi connectivity index (χ2v) is 6.48. The maximum absolute atomic E-state index is 9.94. The highest BCUT2D eigenvalue weighted by Gasteiger charge is 2.30. The molecule has 1 aliphatic heterocycles. The first-order chi connectivity index (χ1) is 8.53. The fourth-order valence-corrected chi connectivity index (χ4v) is 3.14. The molecule has 0 bridgehead atoms. The van der Waals surface area contributed by atoms with E-state index in [1.54, 1.807) is 0 Å². The van der Waals surface area contributed by atoms with E-state index in [1.165, 1.54) is 49.0 Å². The Morgan fingerprint density at radius 3 is 2.72 bits per heavy atom. The standard InChI is InChI=1S/C16H23NO/c1-16(2,18)11-12-6-7-13-8-9-17(15(13)10-12)14-4-3-5-14/h6-7,10,14,18H,3-5,8-9,11H2,1-2H3. The molecule has 18 heavy (non-hydrogen) atoms. The van der Waals surface area contributed by atoms with E-state index in [4.69, 9.17) is 0 Å². The molecule has 0 spiro atoms. The number of hydrogen-bond acceptors (Lipinski definition) is 2. The maximum Gasteiger partial charge on any atom is 0.0631 e. The SMILES string of the molecule is CC(C)(O)Cc1ccc2c(c1)N(C1CCC1)CC2. The summed E-state index contributed by atoms with van der Waals surface area (Å²) in [5.74, 6) is 0. The molecule has 0 atom stereocenters. The minimum absolute atomic E-state index is 0.617. The molecule has 0 saturated heterocycles. The van der Waals surface area contributed by atoms with E-state index < -0.39 is 5.60 Å². The number of hydrogen-bond donors (Lipinski definition) is 1. The van der Waals surface area contributed by atoms with E-state index in [9.17, 15) is 5.11 Å². The van der Waals surface area contributed by atoms with Crippen molar-refractivity contribution in [3.63, 3.8) is 0 Å². The topological polar surface area (TPSA) is 23.5 Å². The Bertz CT molecular complexity index is 443. The highest BCUT2D eigenvalue weighted by molar-refractivity contribution is 5.60. The van der Waals surface area contributed by atoms with Crippen molar-refractivity contribution in [3.05, 3.63) is 29.3 Å². The molecule has 98 valence electrons. The predicted molar refractivity (Wildman–Crippen MR) is 75.1 cm³/mol. The summed E-state index contributed by atoms with van der Waals surface area (Å²) in [6.45, 7) is 4.94. The first-order valence-corrected chi connectivity index (χ1v) is 7.14. The molecular formula is C16H23NO. The zero-order valence-electron chi connectivity index (χ0n) is 11.4. The van der Waals surface area contributed by atoms with Gasteiger partial charge in [0.15, 0.2) is 0 Å². The summed E-state index contributed by atoms with van der Waals surface area (Å²) in [4.78, 5) is 2.59. The lowest BCUT2D eigenvalue weighted by Crippen LogP contribution is -2.38. The van der Waals surface area contributed by atoms with Crippen molar-refractivity contribution >= 4 is 5.69 Å². The molecule has 1 N–H and O–H groups in total. The van der Waals surface area contributed by atoms with E-state index in [1.807, 2.05) is 13.8 Å². The number of nitrogens with zero attached hydrogens (tertiary/aromatic N) is 1. The molecule has 2 aliphatic rings. The van der Waals surface area contributed by atoms with Gasteiger partial charge in [-0.1, -0.05) is 12.1 Å². The second kappa shape index (κ2) is 4.27. The Kier molecular flexibility index (Phi) is 2.86. The third kappa shape index (κ3) is 2.26. The summed E-state index contributed by atoms with van der Waals surface area (Å²) in [5, 5.41) is 9.94. The number of rotatable bonds is 3. The van der Waals surface area contributed by atoms with Crippen molar-refractivity contribution in [1.82, 2.24) is 0 Å². The smallest absolute Gasteiger partial charge is 0.0631 e. The minimum Gasteiger partial charge on any atom is -0.390 e. The fraction of sp³-hybridized carbons (Fsp3) is 0.625. The van der Waals surface area contributed by atoms with Gasteiger partial charge in [-0.15, -0.1) is 0 Å². The Labute approximate surface area is 110 Å². The molecule has 2 heteroatoms. The molecule has 1 aromatic carbocycles. The number of benzene rings is 1. The molecule has 1 aliphatic carbocycles. The Morgan fingerprint density at radius 2 is 2.11 bits per heavy atom. The molecule has 1 aromatic rings. The molecule has 0 radical (unpaired) electrons. The van der Waals surface area contributed by atoms with Gasteiger partial charge in [-0.2, -0.15) is 0 Å². The predicted octanol–water partition coefficient (Wildman–Crippen LogP) is 2.92. The summed E-state index contributed by atoms with van der Waals surface area (Å²) in [6.07, 6.45) is 6.03. The van der Waals surface area contributed by atoms with Crippen molar-refractivity contribution < 1.29 is 5.11 Å². The van der Waals surface area contributed by atoms with Crippen LogP contribution in [0.5, 0.6) is 0 Å². The third-order valence-electron chi connectivity index (χ3n) is 4.23. The Hall–Kier alpha value is -1.02. The lowest BCUT2D eigenvalue weighted by Gasteiger charge is -2.37. The average molecular weight is 245 g/mol. The zero-order chi connectivity index (χ0) is 12.8. The van der Waals surface area contributed by atoms with Gasteiger partial charge in [-0.3, -0.25) is 0 Å². The minimum atomic E-state index is -0.617. The van der Waals surface area contributed by atoms with E-state index in [0.717, 1.165) is 12.5 Å². The van der Waals surface area contributed by atoms with Crippen LogP contribution in [-0.4, -0.2) is 23.3 Å². The quantitative estimate of drug-likeness (QED) is 0.885. The highest BCUT2D eigenvalue weighted by atomic mass is 16.3. The normalized spacial score (nSPS) is 19.8. The second-order valence-electron chi connectivity index (χ2n) is 6.48. The summed E-state index contributed by atoms with van der Waals surface area (Å²) < 4.78 is 0. The van der Waals surface area contributed by atoms with Gasteiger partial charge in [-0.05, 0) is 56.7 Å². The van der Waals surface area contributed by atoms with Crippen LogP contribution < -0.4 is 4.90 Å². The third-order valence-corrected chi connectivity index (χ3v) is 4.23. The van der Waals surface area contributed by atoms with Gasteiger partial charge in [-0.25, -0.2) is 0 Å². The number of aliphatic hydroxyl groups is 1. The molecule has 0 aromatic heterocycles. The molecular weight excluding hydrogens is 222 g/mol. The monoisotopic (exact) mass is 245 g/mol. The van der Waals surface area contributed by atoms with Crippen molar-refractivity contribution in [1.29, 1.82) is 0 Å². The molecule has 1 heterocycles. The van der Waals surface area contributed by atoms with Crippen LogP contribution in [0.4, 0.5) is 5.69 Å². The van der Waals surface area contributed by atoms with Gasteiger partial charge in [0.1, 0.15) is 0 Å². The van der Waals surface area contributed by atoms with Crippen LogP contribution in [0, 0.1) is 0 Å². The average Bonchev–Trinajstić information content (AvgIpc) is 2.57. The summed E-state index contributed by atoms with van der Waals surface area (Å²) >= 11 is 0. The fourth-order valence-electron chi connectivity index (χ4n) is 3.14. The number of anilines is 1.